The molecular weight excluding hydrogens is 216 g/mol. The maximum absolute atomic E-state index is 11.2. The lowest BCUT2D eigenvalue weighted by Gasteiger charge is -2.27. The highest BCUT2D eigenvalue weighted by Gasteiger charge is 2.31. The topological polar surface area (TPSA) is 78.9 Å². The summed E-state index contributed by atoms with van der Waals surface area (Å²) in [5, 5.41) is 0. The molecular formula is C10H14O6. The van der Waals surface area contributed by atoms with Crippen molar-refractivity contribution in [3.63, 3.8) is 0 Å². The van der Waals surface area contributed by atoms with Crippen LogP contribution in [-0.4, -0.2) is 36.7 Å². The van der Waals surface area contributed by atoms with Gasteiger partial charge in [0, 0.05) is 20.3 Å². The number of rotatable bonds is 3. The van der Waals surface area contributed by atoms with E-state index in [0.717, 1.165) is 0 Å². The number of cyclic esters (lactones) is 1. The van der Waals surface area contributed by atoms with E-state index in [-0.39, 0.29) is 13.0 Å². The Balaban J connectivity index is 2.44. The monoisotopic (exact) mass is 230 g/mol. The van der Waals surface area contributed by atoms with Crippen molar-refractivity contribution in [1.82, 2.24) is 0 Å². The molecule has 0 amide bonds. The van der Waals surface area contributed by atoms with Gasteiger partial charge in [-0.3, -0.25) is 14.4 Å². The minimum Gasteiger partial charge on any atom is -0.462 e. The van der Waals surface area contributed by atoms with Gasteiger partial charge in [0.25, 0.3) is 0 Å². The predicted octanol–water partition coefficient (Wildman–Crippen LogP) is 0.187. The molecule has 0 bridgehead atoms. The molecule has 0 aromatic carbocycles. The Labute approximate surface area is 92.8 Å². The minimum atomic E-state index is -0.533. The van der Waals surface area contributed by atoms with Gasteiger partial charge in [0.15, 0.2) is 0 Å². The molecule has 1 heterocycles. The van der Waals surface area contributed by atoms with Crippen molar-refractivity contribution in [3.05, 3.63) is 0 Å². The van der Waals surface area contributed by atoms with Crippen molar-refractivity contribution in [1.29, 1.82) is 0 Å². The summed E-state index contributed by atoms with van der Waals surface area (Å²) in [5.41, 5.74) is 0. The van der Waals surface area contributed by atoms with Gasteiger partial charge in [0.2, 0.25) is 0 Å². The number of esters is 3. The first-order valence-corrected chi connectivity index (χ1v) is 4.97. The van der Waals surface area contributed by atoms with Gasteiger partial charge in [0.05, 0.1) is 6.42 Å². The lowest BCUT2D eigenvalue weighted by atomic mass is 10.1. The summed E-state index contributed by atoms with van der Waals surface area (Å²) < 4.78 is 14.6. The normalized spacial score (nSPS) is 24.5. The zero-order chi connectivity index (χ0) is 12.1. The van der Waals surface area contributed by atoms with E-state index in [1.165, 1.54) is 13.8 Å². The molecule has 6 heteroatoms. The number of hydrogen-bond donors (Lipinski definition) is 0. The zero-order valence-electron chi connectivity index (χ0n) is 9.23. The van der Waals surface area contributed by atoms with Gasteiger partial charge >= 0.3 is 17.9 Å². The summed E-state index contributed by atoms with van der Waals surface area (Å²) in [7, 11) is 0. The third-order valence-corrected chi connectivity index (χ3v) is 2.02. The molecule has 1 saturated heterocycles. The number of carbonyl (C=O) groups is 3. The highest BCUT2D eigenvalue weighted by atomic mass is 16.6. The molecule has 1 aliphatic rings. The predicted molar refractivity (Wildman–Crippen MR) is 51.3 cm³/mol. The molecule has 1 aliphatic heterocycles. The summed E-state index contributed by atoms with van der Waals surface area (Å²) >= 11 is 0. The van der Waals surface area contributed by atoms with Gasteiger partial charge in [-0.15, -0.1) is 0 Å². The maximum atomic E-state index is 11.2. The van der Waals surface area contributed by atoms with Crippen molar-refractivity contribution < 1.29 is 28.6 Å². The highest BCUT2D eigenvalue weighted by Crippen LogP contribution is 2.18. The van der Waals surface area contributed by atoms with Crippen molar-refractivity contribution in [3.8, 4) is 0 Å². The lowest BCUT2D eigenvalue weighted by molar-refractivity contribution is -0.174. The number of hydrogen-bond acceptors (Lipinski definition) is 6. The number of ether oxygens (including phenoxy) is 3. The van der Waals surface area contributed by atoms with E-state index in [0.29, 0.717) is 6.42 Å². The van der Waals surface area contributed by atoms with Crippen LogP contribution < -0.4 is 0 Å². The molecule has 0 aromatic heterocycles. The van der Waals surface area contributed by atoms with Gasteiger partial charge < -0.3 is 14.2 Å². The zero-order valence-corrected chi connectivity index (χ0v) is 9.23. The van der Waals surface area contributed by atoms with Crippen LogP contribution >= 0.6 is 0 Å². The highest BCUT2D eigenvalue weighted by molar-refractivity contribution is 5.72. The third kappa shape index (κ3) is 4.29. The molecule has 0 unspecified atom stereocenters. The summed E-state index contributed by atoms with van der Waals surface area (Å²) in [6.07, 6.45) is -0.608. The van der Waals surface area contributed by atoms with E-state index in [2.05, 4.69) is 0 Å². The average Bonchev–Trinajstić information content (AvgIpc) is 2.12. The van der Waals surface area contributed by atoms with Crippen LogP contribution in [0, 0.1) is 0 Å². The second-order valence-electron chi connectivity index (χ2n) is 3.59. The largest absolute Gasteiger partial charge is 0.462 e. The molecule has 0 N–H and O–H groups in total. The van der Waals surface area contributed by atoms with E-state index >= 15 is 0 Å². The molecule has 16 heavy (non-hydrogen) atoms. The van der Waals surface area contributed by atoms with E-state index in [9.17, 15) is 14.4 Å². The molecule has 0 saturated carbocycles. The fourth-order valence-electron chi connectivity index (χ4n) is 1.48. The van der Waals surface area contributed by atoms with Gasteiger partial charge in [-0.1, -0.05) is 0 Å². The third-order valence-electron chi connectivity index (χ3n) is 2.02. The SMILES string of the molecule is CC(=O)OC[C@H]1C[C@@H](OC(C)=O)CC(=O)O1. The molecule has 1 rings (SSSR count). The van der Waals surface area contributed by atoms with Crippen LogP contribution in [0.25, 0.3) is 0 Å². The van der Waals surface area contributed by atoms with Crippen molar-refractivity contribution in [2.24, 2.45) is 0 Å². The Bertz CT molecular complexity index is 296. The second-order valence-corrected chi connectivity index (χ2v) is 3.59. The first kappa shape index (κ1) is 12.5. The summed E-state index contributed by atoms with van der Waals surface area (Å²) in [4.78, 5) is 32.5. The van der Waals surface area contributed by atoms with Crippen LogP contribution in [0.2, 0.25) is 0 Å². The van der Waals surface area contributed by atoms with Gasteiger partial charge in [-0.2, -0.15) is 0 Å². The molecule has 0 spiro atoms. The average molecular weight is 230 g/mol. The summed E-state index contributed by atoms with van der Waals surface area (Å²) in [6, 6.07) is 0. The Morgan fingerprint density at radius 3 is 2.62 bits per heavy atom. The smallest absolute Gasteiger partial charge is 0.309 e. The molecule has 0 radical (unpaired) electrons. The first-order chi connectivity index (χ1) is 7.47. The second kappa shape index (κ2) is 5.48. The minimum absolute atomic E-state index is 0.00115. The first-order valence-electron chi connectivity index (χ1n) is 4.97. The molecule has 90 valence electrons. The Morgan fingerprint density at radius 2 is 2.06 bits per heavy atom. The molecule has 6 nitrogen and oxygen atoms in total. The van der Waals surface area contributed by atoms with Crippen LogP contribution in [0.15, 0.2) is 0 Å². The summed E-state index contributed by atoms with van der Waals surface area (Å²) in [6.45, 7) is 2.55. The van der Waals surface area contributed by atoms with Crippen molar-refractivity contribution in [2.45, 2.75) is 38.9 Å². The summed E-state index contributed by atoms with van der Waals surface area (Å²) in [5.74, 6) is -1.33. The van der Waals surface area contributed by atoms with Crippen molar-refractivity contribution in [2.75, 3.05) is 6.61 Å². The standard InChI is InChI=1S/C10H14O6/c1-6(11)14-5-9-3-8(15-7(2)12)4-10(13)16-9/h8-9H,3-5H2,1-2H3/t8-,9-/m1/s1. The van der Waals surface area contributed by atoms with E-state index in [4.69, 9.17) is 14.2 Å². The Hall–Kier alpha value is -1.59. The van der Waals surface area contributed by atoms with Gasteiger partial charge in [0.1, 0.15) is 18.8 Å². The van der Waals surface area contributed by atoms with Crippen LogP contribution in [0.1, 0.15) is 26.7 Å². The Kier molecular flexibility index (Phi) is 4.28. The van der Waals surface area contributed by atoms with Gasteiger partial charge in [-0.05, 0) is 0 Å². The van der Waals surface area contributed by atoms with E-state index in [1.807, 2.05) is 0 Å². The molecule has 2 atom stereocenters. The quantitative estimate of drug-likeness (QED) is 0.508. The molecule has 0 aliphatic carbocycles. The molecule has 0 aromatic rings. The fraction of sp³-hybridized carbons (Fsp3) is 0.700. The van der Waals surface area contributed by atoms with Gasteiger partial charge in [-0.25, -0.2) is 0 Å². The van der Waals surface area contributed by atoms with Crippen molar-refractivity contribution >= 4 is 17.9 Å². The van der Waals surface area contributed by atoms with Crippen LogP contribution in [0.5, 0.6) is 0 Å². The molecule has 1 fully saturated rings. The van der Waals surface area contributed by atoms with E-state index < -0.39 is 30.1 Å². The lowest BCUT2D eigenvalue weighted by Crippen LogP contribution is -2.37. The number of carbonyl (C=O) groups excluding carboxylic acids is 3. The van der Waals surface area contributed by atoms with Crippen LogP contribution in [0.4, 0.5) is 0 Å². The Morgan fingerprint density at radius 1 is 1.38 bits per heavy atom. The van der Waals surface area contributed by atoms with E-state index in [1.54, 1.807) is 0 Å². The van der Waals surface area contributed by atoms with Crippen LogP contribution in [-0.2, 0) is 28.6 Å². The fourth-order valence-corrected chi connectivity index (χ4v) is 1.48. The maximum Gasteiger partial charge on any atom is 0.309 e. The van der Waals surface area contributed by atoms with Crippen LogP contribution in [0.3, 0.4) is 0 Å².